The van der Waals surface area contributed by atoms with Crippen LogP contribution < -0.4 is 0 Å². The highest BCUT2D eigenvalue weighted by Gasteiger charge is 2.33. The molecule has 9 nitrogen and oxygen atoms in total. The zero-order valence-corrected chi connectivity index (χ0v) is 16.7. The third kappa shape index (κ3) is 3.64. The van der Waals surface area contributed by atoms with Crippen molar-refractivity contribution in [2.75, 3.05) is 13.1 Å². The quantitative estimate of drug-likeness (QED) is 0.386. The zero-order chi connectivity index (χ0) is 20.6. The lowest BCUT2D eigenvalue weighted by Gasteiger charge is -2.34. The number of fused-ring (bicyclic) bond motifs is 2. The maximum Gasteiger partial charge on any atom is 0.228 e. The Balaban J connectivity index is 1.64. The third-order valence-electron chi connectivity index (χ3n) is 5.25. The molecule has 4 heterocycles. The van der Waals surface area contributed by atoms with Crippen molar-refractivity contribution >= 4 is 16.9 Å². The summed E-state index contributed by atoms with van der Waals surface area (Å²) in [4.78, 5) is 26.8. The summed E-state index contributed by atoms with van der Waals surface area (Å²) in [7, 11) is 1.88. The first kappa shape index (κ1) is 18.9. The van der Waals surface area contributed by atoms with Gasteiger partial charge in [-0.05, 0) is 23.2 Å². The van der Waals surface area contributed by atoms with Crippen LogP contribution in [0.4, 0.5) is 0 Å². The van der Waals surface area contributed by atoms with E-state index in [0.717, 1.165) is 27.8 Å². The summed E-state index contributed by atoms with van der Waals surface area (Å²) in [6.45, 7) is 4.84. The molecular formula is C20H22N8O. The van der Waals surface area contributed by atoms with Crippen LogP contribution in [0, 0.1) is 5.41 Å². The Morgan fingerprint density at radius 3 is 2.86 bits per heavy atom. The van der Waals surface area contributed by atoms with Crippen LogP contribution in [-0.4, -0.2) is 43.6 Å². The van der Waals surface area contributed by atoms with Gasteiger partial charge in [0.2, 0.25) is 5.91 Å². The van der Waals surface area contributed by atoms with Crippen LogP contribution in [0.1, 0.15) is 25.1 Å². The molecule has 0 unspecified atom stereocenters. The van der Waals surface area contributed by atoms with Gasteiger partial charge in [0.25, 0.3) is 0 Å². The van der Waals surface area contributed by atoms with Crippen molar-refractivity contribution in [3.63, 3.8) is 0 Å². The standard InChI is InChI=1S/C20H22N8O/c1-20(2,12-23-26-21)19(29)28-5-4-17-15(11-28)7-13-6-14(8-22-18(13)25-17)16-9-24-27(3)10-16/h6-10H,4-5,11-12H2,1-3H3. The Labute approximate surface area is 168 Å². The Bertz CT molecular complexity index is 1140. The van der Waals surface area contributed by atoms with E-state index in [-0.39, 0.29) is 12.5 Å². The Kier molecular flexibility index (Phi) is 4.68. The molecule has 1 aliphatic rings. The summed E-state index contributed by atoms with van der Waals surface area (Å²) in [5.74, 6) is -0.0158. The third-order valence-corrected chi connectivity index (χ3v) is 5.25. The van der Waals surface area contributed by atoms with Crippen LogP contribution in [0.25, 0.3) is 32.6 Å². The van der Waals surface area contributed by atoms with Gasteiger partial charge in [-0.1, -0.05) is 19.0 Å². The van der Waals surface area contributed by atoms with E-state index in [1.807, 2.05) is 38.2 Å². The average Bonchev–Trinajstić information content (AvgIpc) is 3.15. The van der Waals surface area contributed by atoms with Crippen LogP contribution in [0.2, 0.25) is 0 Å². The molecule has 0 N–H and O–H groups in total. The molecule has 148 valence electrons. The Hall–Kier alpha value is -3.45. The molecule has 1 amide bonds. The van der Waals surface area contributed by atoms with Crippen molar-refractivity contribution in [2.45, 2.75) is 26.8 Å². The van der Waals surface area contributed by atoms with Gasteiger partial charge >= 0.3 is 0 Å². The normalized spacial score (nSPS) is 13.8. The summed E-state index contributed by atoms with van der Waals surface area (Å²) < 4.78 is 1.76. The molecule has 0 radical (unpaired) electrons. The first-order valence-electron chi connectivity index (χ1n) is 9.45. The number of pyridine rings is 2. The van der Waals surface area contributed by atoms with Crippen molar-refractivity contribution < 1.29 is 4.79 Å². The molecule has 0 saturated carbocycles. The summed E-state index contributed by atoms with van der Waals surface area (Å²) in [6.07, 6.45) is 6.25. The van der Waals surface area contributed by atoms with E-state index in [2.05, 4.69) is 32.2 Å². The van der Waals surface area contributed by atoms with E-state index in [0.29, 0.717) is 25.2 Å². The van der Waals surface area contributed by atoms with Crippen molar-refractivity contribution in [2.24, 2.45) is 17.6 Å². The maximum absolute atomic E-state index is 12.9. The molecule has 1 aliphatic heterocycles. The monoisotopic (exact) mass is 390 g/mol. The number of hydrogen-bond acceptors (Lipinski definition) is 5. The molecule has 0 fully saturated rings. The van der Waals surface area contributed by atoms with Crippen molar-refractivity contribution in [1.82, 2.24) is 24.6 Å². The Morgan fingerprint density at radius 2 is 2.14 bits per heavy atom. The molecule has 0 spiro atoms. The molecule has 9 heteroatoms. The van der Waals surface area contributed by atoms with E-state index in [4.69, 9.17) is 10.5 Å². The van der Waals surface area contributed by atoms with Crippen molar-refractivity contribution in [1.29, 1.82) is 0 Å². The van der Waals surface area contributed by atoms with Crippen LogP contribution in [0.5, 0.6) is 0 Å². The van der Waals surface area contributed by atoms with Gasteiger partial charge in [0.05, 0.1) is 6.20 Å². The van der Waals surface area contributed by atoms with E-state index in [1.54, 1.807) is 10.9 Å². The van der Waals surface area contributed by atoms with E-state index >= 15 is 0 Å². The highest BCUT2D eigenvalue weighted by molar-refractivity contribution is 5.84. The minimum atomic E-state index is -0.733. The molecular weight excluding hydrogens is 368 g/mol. The van der Waals surface area contributed by atoms with E-state index in [1.165, 1.54) is 0 Å². The second-order valence-corrected chi connectivity index (χ2v) is 8.02. The second-order valence-electron chi connectivity index (χ2n) is 8.02. The van der Waals surface area contributed by atoms with Crippen LogP contribution >= 0.6 is 0 Å². The first-order chi connectivity index (χ1) is 13.9. The van der Waals surface area contributed by atoms with Gasteiger partial charge in [0.15, 0.2) is 5.65 Å². The van der Waals surface area contributed by atoms with Crippen LogP contribution in [0.3, 0.4) is 0 Å². The molecule has 0 aliphatic carbocycles. The van der Waals surface area contributed by atoms with E-state index < -0.39 is 5.41 Å². The molecule has 3 aromatic rings. The summed E-state index contributed by atoms with van der Waals surface area (Å²) in [5, 5.41) is 8.74. The highest BCUT2D eigenvalue weighted by Crippen LogP contribution is 2.28. The van der Waals surface area contributed by atoms with Gasteiger partial charge in [-0.2, -0.15) is 5.10 Å². The van der Waals surface area contributed by atoms with Gasteiger partial charge in [-0.3, -0.25) is 9.48 Å². The minimum Gasteiger partial charge on any atom is -0.337 e. The topological polar surface area (TPSA) is 113 Å². The number of rotatable bonds is 4. The highest BCUT2D eigenvalue weighted by atomic mass is 16.2. The molecule has 0 saturated heterocycles. The summed E-state index contributed by atoms with van der Waals surface area (Å²) in [5.41, 5.74) is 12.5. The number of hydrogen-bond donors (Lipinski definition) is 0. The second kappa shape index (κ2) is 7.18. The fourth-order valence-electron chi connectivity index (χ4n) is 3.63. The molecule has 29 heavy (non-hydrogen) atoms. The predicted octanol–water partition coefficient (Wildman–Crippen LogP) is 3.25. The van der Waals surface area contributed by atoms with Gasteiger partial charge in [-0.25, -0.2) is 9.97 Å². The molecule has 0 atom stereocenters. The lowest BCUT2D eigenvalue weighted by atomic mass is 9.90. The van der Waals surface area contributed by atoms with Gasteiger partial charge in [-0.15, -0.1) is 0 Å². The SMILES string of the molecule is Cn1cc(-c2cnc3nc4c(cc3c2)CN(C(=O)C(C)(C)CN=[N+]=[N-])CC4)cn1. The Morgan fingerprint density at radius 1 is 1.31 bits per heavy atom. The average molecular weight is 390 g/mol. The predicted molar refractivity (Wildman–Crippen MR) is 109 cm³/mol. The van der Waals surface area contributed by atoms with Crippen LogP contribution in [-0.2, 0) is 24.8 Å². The lowest BCUT2D eigenvalue weighted by molar-refractivity contribution is -0.140. The minimum absolute atomic E-state index is 0.0158. The number of aromatic nitrogens is 4. The summed E-state index contributed by atoms with van der Waals surface area (Å²) in [6, 6.07) is 4.13. The van der Waals surface area contributed by atoms with E-state index in [9.17, 15) is 4.79 Å². The largest absolute Gasteiger partial charge is 0.337 e. The summed E-state index contributed by atoms with van der Waals surface area (Å²) >= 11 is 0. The molecule has 0 aromatic carbocycles. The van der Waals surface area contributed by atoms with Gasteiger partial charge < -0.3 is 4.90 Å². The number of carbonyl (C=O) groups excluding carboxylic acids is 1. The van der Waals surface area contributed by atoms with Gasteiger partial charge in [0, 0.05) is 78.0 Å². The first-order valence-corrected chi connectivity index (χ1v) is 9.45. The number of amides is 1. The number of carbonyl (C=O) groups is 1. The molecule has 0 bridgehead atoms. The maximum atomic E-state index is 12.9. The zero-order valence-electron chi connectivity index (χ0n) is 16.7. The lowest BCUT2D eigenvalue weighted by Crippen LogP contribution is -2.45. The van der Waals surface area contributed by atoms with Crippen LogP contribution in [0.15, 0.2) is 35.8 Å². The van der Waals surface area contributed by atoms with Crippen molar-refractivity contribution in [3.05, 3.63) is 52.4 Å². The fourth-order valence-corrected chi connectivity index (χ4v) is 3.63. The molecule has 3 aromatic heterocycles. The smallest absolute Gasteiger partial charge is 0.228 e. The van der Waals surface area contributed by atoms with Gasteiger partial charge in [0.1, 0.15) is 0 Å². The van der Waals surface area contributed by atoms with Crippen molar-refractivity contribution in [3.8, 4) is 11.1 Å². The number of aryl methyl sites for hydroxylation is 1. The number of nitrogens with zero attached hydrogens (tertiary/aromatic N) is 8. The fraction of sp³-hybridized carbons (Fsp3) is 0.400. The number of azide groups is 1. The molecule has 4 rings (SSSR count).